The van der Waals surface area contributed by atoms with Crippen molar-refractivity contribution < 1.29 is 0 Å². The Morgan fingerprint density at radius 1 is 1.14 bits per heavy atom. The summed E-state index contributed by atoms with van der Waals surface area (Å²) >= 11 is 0. The van der Waals surface area contributed by atoms with Gasteiger partial charge in [0.2, 0.25) is 0 Å². The Bertz CT molecular complexity index is 440. The molecule has 0 fully saturated rings. The van der Waals surface area contributed by atoms with Gasteiger partial charge in [0, 0.05) is 23.1 Å². The predicted molar refractivity (Wildman–Crippen MR) is 56.0 cm³/mol. The van der Waals surface area contributed by atoms with Gasteiger partial charge in [-0.25, -0.2) is 4.98 Å². The first-order valence-corrected chi connectivity index (χ1v) is 4.63. The highest BCUT2D eigenvalue weighted by Crippen LogP contribution is 2.19. The van der Waals surface area contributed by atoms with Crippen LogP contribution < -0.4 is 0 Å². The number of pyridine rings is 1. The van der Waals surface area contributed by atoms with E-state index in [1.54, 1.807) is 0 Å². The zero-order valence-corrected chi connectivity index (χ0v) is 8.63. The Labute approximate surface area is 83.2 Å². The molecular formula is C11H13N3. The summed E-state index contributed by atoms with van der Waals surface area (Å²) in [5, 5.41) is 0. The van der Waals surface area contributed by atoms with E-state index in [1.807, 2.05) is 39.1 Å². The summed E-state index contributed by atoms with van der Waals surface area (Å²) in [5.41, 5.74) is 4.18. The molecule has 14 heavy (non-hydrogen) atoms. The monoisotopic (exact) mass is 187 g/mol. The number of imidazole rings is 1. The van der Waals surface area contributed by atoms with Crippen molar-refractivity contribution in [3.05, 3.63) is 35.5 Å². The minimum Gasteiger partial charge on any atom is -0.346 e. The molecule has 0 aromatic carbocycles. The summed E-state index contributed by atoms with van der Waals surface area (Å²) in [4.78, 5) is 11.8. The average molecular weight is 187 g/mol. The molecule has 2 aromatic rings. The molecule has 0 unspecified atom stereocenters. The zero-order chi connectivity index (χ0) is 10.1. The van der Waals surface area contributed by atoms with Gasteiger partial charge in [0.25, 0.3) is 0 Å². The fourth-order valence-electron chi connectivity index (χ4n) is 1.50. The van der Waals surface area contributed by atoms with Gasteiger partial charge in [0.1, 0.15) is 5.82 Å². The van der Waals surface area contributed by atoms with Crippen molar-refractivity contribution in [3.63, 3.8) is 0 Å². The average Bonchev–Trinajstić information content (AvgIpc) is 2.47. The van der Waals surface area contributed by atoms with Gasteiger partial charge in [0.15, 0.2) is 0 Å². The van der Waals surface area contributed by atoms with Crippen molar-refractivity contribution in [2.75, 3.05) is 0 Å². The van der Waals surface area contributed by atoms with E-state index in [0.717, 1.165) is 28.5 Å². The first kappa shape index (κ1) is 8.94. The van der Waals surface area contributed by atoms with E-state index in [2.05, 4.69) is 15.0 Å². The molecule has 0 saturated carbocycles. The Morgan fingerprint density at radius 3 is 2.43 bits per heavy atom. The zero-order valence-electron chi connectivity index (χ0n) is 8.63. The molecule has 0 amide bonds. The first-order valence-electron chi connectivity index (χ1n) is 4.63. The molecule has 2 heterocycles. The molecule has 0 saturated heterocycles. The minimum atomic E-state index is 0.943. The number of nitrogens with one attached hydrogen (secondary N) is 1. The Balaban J connectivity index is 2.49. The third-order valence-electron chi connectivity index (χ3n) is 2.19. The third-order valence-corrected chi connectivity index (χ3v) is 2.19. The van der Waals surface area contributed by atoms with Crippen molar-refractivity contribution in [1.29, 1.82) is 0 Å². The fourth-order valence-corrected chi connectivity index (χ4v) is 1.50. The molecule has 0 bridgehead atoms. The number of aromatic amines is 1. The van der Waals surface area contributed by atoms with Gasteiger partial charge in [-0.3, -0.25) is 4.98 Å². The number of aryl methyl sites for hydroxylation is 3. The second-order valence-corrected chi connectivity index (χ2v) is 3.48. The molecule has 0 aliphatic carbocycles. The maximum absolute atomic E-state index is 4.41. The first-order chi connectivity index (χ1) is 6.66. The molecule has 0 aliphatic rings. The fraction of sp³-hybridized carbons (Fsp3) is 0.273. The molecule has 3 heteroatoms. The maximum Gasteiger partial charge on any atom is 0.103 e. The summed E-state index contributed by atoms with van der Waals surface area (Å²) in [6.07, 6.45) is 1.86. The number of H-pyrrole nitrogens is 1. The lowest BCUT2D eigenvalue weighted by atomic mass is 10.2. The van der Waals surface area contributed by atoms with Gasteiger partial charge in [0.05, 0.1) is 5.69 Å². The lowest BCUT2D eigenvalue weighted by Gasteiger charge is -1.98. The number of hydrogen-bond acceptors (Lipinski definition) is 2. The van der Waals surface area contributed by atoms with Crippen LogP contribution in [-0.4, -0.2) is 15.0 Å². The molecule has 0 aliphatic heterocycles. The van der Waals surface area contributed by atoms with Gasteiger partial charge in [-0.05, 0) is 32.9 Å². The van der Waals surface area contributed by atoms with Crippen LogP contribution in [0.4, 0.5) is 0 Å². The van der Waals surface area contributed by atoms with E-state index in [0.29, 0.717) is 0 Å². The second-order valence-electron chi connectivity index (χ2n) is 3.48. The van der Waals surface area contributed by atoms with Crippen LogP contribution in [0.1, 0.15) is 17.2 Å². The van der Waals surface area contributed by atoms with Crippen molar-refractivity contribution in [2.24, 2.45) is 0 Å². The highest BCUT2D eigenvalue weighted by Gasteiger charge is 2.06. The van der Waals surface area contributed by atoms with Crippen LogP contribution in [0.3, 0.4) is 0 Å². The highest BCUT2D eigenvalue weighted by molar-refractivity contribution is 5.60. The molecule has 2 aromatic heterocycles. The third kappa shape index (κ3) is 1.53. The van der Waals surface area contributed by atoms with Crippen LogP contribution in [0.15, 0.2) is 18.3 Å². The van der Waals surface area contributed by atoms with Gasteiger partial charge < -0.3 is 4.98 Å². The molecule has 72 valence electrons. The van der Waals surface area contributed by atoms with Crippen molar-refractivity contribution in [2.45, 2.75) is 20.8 Å². The number of nitrogens with zero attached hydrogens (tertiary/aromatic N) is 2. The van der Waals surface area contributed by atoms with Crippen LogP contribution in [0.2, 0.25) is 0 Å². The quantitative estimate of drug-likeness (QED) is 0.744. The van der Waals surface area contributed by atoms with Crippen LogP contribution in [0.25, 0.3) is 11.3 Å². The van der Waals surface area contributed by atoms with E-state index < -0.39 is 0 Å². The normalized spacial score (nSPS) is 10.5. The van der Waals surface area contributed by atoms with E-state index in [9.17, 15) is 0 Å². The minimum absolute atomic E-state index is 0.943. The van der Waals surface area contributed by atoms with Crippen LogP contribution >= 0.6 is 0 Å². The predicted octanol–water partition coefficient (Wildman–Crippen LogP) is 2.40. The largest absolute Gasteiger partial charge is 0.346 e. The second kappa shape index (κ2) is 3.25. The molecule has 1 N–H and O–H groups in total. The molecule has 0 spiro atoms. The maximum atomic E-state index is 4.41. The summed E-state index contributed by atoms with van der Waals surface area (Å²) in [6, 6.07) is 4.05. The smallest absolute Gasteiger partial charge is 0.103 e. The summed E-state index contributed by atoms with van der Waals surface area (Å²) in [6.45, 7) is 5.96. The van der Waals surface area contributed by atoms with E-state index in [1.165, 1.54) is 0 Å². The molecule has 0 radical (unpaired) electrons. The van der Waals surface area contributed by atoms with Gasteiger partial charge in [-0.15, -0.1) is 0 Å². The molecule has 3 nitrogen and oxygen atoms in total. The summed E-state index contributed by atoms with van der Waals surface area (Å²) < 4.78 is 0. The van der Waals surface area contributed by atoms with Crippen LogP contribution in [0, 0.1) is 20.8 Å². The Hall–Kier alpha value is -1.64. The highest BCUT2D eigenvalue weighted by atomic mass is 14.9. The molecule has 2 rings (SSSR count). The van der Waals surface area contributed by atoms with Gasteiger partial charge in [-0.2, -0.15) is 0 Å². The lowest BCUT2D eigenvalue weighted by molar-refractivity contribution is 1.13. The number of rotatable bonds is 1. The van der Waals surface area contributed by atoms with E-state index in [4.69, 9.17) is 0 Å². The lowest BCUT2D eigenvalue weighted by Crippen LogP contribution is -1.84. The van der Waals surface area contributed by atoms with Crippen molar-refractivity contribution >= 4 is 0 Å². The molecular weight excluding hydrogens is 174 g/mol. The standard InChI is InChI=1S/C11H13N3/c1-7-4-5-10(6-12-7)11-8(2)13-9(3)14-11/h4-6H,1-3H3,(H,13,14). The topological polar surface area (TPSA) is 41.6 Å². The SMILES string of the molecule is Cc1ccc(-c2nc(C)[nH]c2C)cn1. The molecule has 0 atom stereocenters. The number of aromatic nitrogens is 3. The summed E-state index contributed by atoms with van der Waals surface area (Å²) in [5.74, 6) is 0.943. The van der Waals surface area contributed by atoms with Crippen LogP contribution in [0.5, 0.6) is 0 Å². The van der Waals surface area contributed by atoms with Crippen LogP contribution in [-0.2, 0) is 0 Å². The Morgan fingerprint density at radius 2 is 1.93 bits per heavy atom. The number of hydrogen-bond donors (Lipinski definition) is 1. The van der Waals surface area contributed by atoms with E-state index >= 15 is 0 Å². The Kier molecular flexibility index (Phi) is 2.08. The van der Waals surface area contributed by atoms with Gasteiger partial charge in [-0.1, -0.05) is 0 Å². The van der Waals surface area contributed by atoms with E-state index in [-0.39, 0.29) is 0 Å². The van der Waals surface area contributed by atoms with Crippen molar-refractivity contribution in [3.8, 4) is 11.3 Å². The van der Waals surface area contributed by atoms with Gasteiger partial charge >= 0.3 is 0 Å². The summed E-state index contributed by atoms with van der Waals surface area (Å²) in [7, 11) is 0. The van der Waals surface area contributed by atoms with Crippen molar-refractivity contribution in [1.82, 2.24) is 15.0 Å².